The van der Waals surface area contributed by atoms with E-state index in [4.69, 9.17) is 22.1 Å². The van der Waals surface area contributed by atoms with Crippen LogP contribution in [-0.4, -0.2) is 44.9 Å². The lowest BCUT2D eigenvalue weighted by atomic mass is 9.95. The van der Waals surface area contributed by atoms with Gasteiger partial charge in [-0.15, -0.1) is 12.4 Å². The number of esters is 1. The quantitative estimate of drug-likeness (QED) is 0.752. The van der Waals surface area contributed by atoms with Crippen LogP contribution in [0.2, 0.25) is 5.02 Å². The Morgan fingerprint density at radius 3 is 2.48 bits per heavy atom. The Balaban J connectivity index is 0.00000261. The average Bonchev–Trinajstić information content (AvgIpc) is 3.04. The van der Waals surface area contributed by atoms with Crippen molar-refractivity contribution in [2.45, 2.75) is 16.9 Å². The molecule has 2 N–H and O–H groups in total. The highest BCUT2D eigenvalue weighted by molar-refractivity contribution is 7.89. The van der Waals surface area contributed by atoms with Crippen molar-refractivity contribution in [2.24, 2.45) is 5.73 Å². The van der Waals surface area contributed by atoms with Gasteiger partial charge in [-0.2, -0.15) is 4.31 Å². The number of halogens is 2. The van der Waals surface area contributed by atoms with Crippen LogP contribution < -0.4 is 5.73 Å². The summed E-state index contributed by atoms with van der Waals surface area (Å²) in [5, 5.41) is 0.254. The Morgan fingerprint density at radius 1 is 1.19 bits per heavy atom. The lowest BCUT2D eigenvalue weighted by Gasteiger charge is -2.18. The molecule has 1 fully saturated rings. The summed E-state index contributed by atoms with van der Waals surface area (Å²) < 4.78 is 32.3. The van der Waals surface area contributed by atoms with Gasteiger partial charge in [0.05, 0.1) is 17.6 Å². The third-order valence-corrected chi connectivity index (χ3v) is 6.65. The lowest BCUT2D eigenvalue weighted by molar-refractivity contribution is 0.0596. The highest BCUT2D eigenvalue weighted by Gasteiger charge is 2.39. The minimum Gasteiger partial charge on any atom is -0.465 e. The van der Waals surface area contributed by atoms with Crippen LogP contribution in [0.5, 0.6) is 0 Å². The van der Waals surface area contributed by atoms with Crippen molar-refractivity contribution in [3.63, 3.8) is 0 Å². The molecule has 0 unspecified atom stereocenters. The van der Waals surface area contributed by atoms with E-state index in [0.29, 0.717) is 0 Å². The first-order valence-electron chi connectivity index (χ1n) is 8.03. The van der Waals surface area contributed by atoms with Gasteiger partial charge < -0.3 is 10.5 Å². The highest BCUT2D eigenvalue weighted by atomic mass is 35.5. The topological polar surface area (TPSA) is 89.7 Å². The zero-order valence-electron chi connectivity index (χ0n) is 14.5. The number of ether oxygens (including phenoxy) is 1. The first kappa shape index (κ1) is 21.7. The fourth-order valence-corrected chi connectivity index (χ4v) is 5.01. The first-order chi connectivity index (χ1) is 12.3. The van der Waals surface area contributed by atoms with Gasteiger partial charge in [0.1, 0.15) is 0 Å². The van der Waals surface area contributed by atoms with Gasteiger partial charge in [-0.1, -0.05) is 41.9 Å². The zero-order chi connectivity index (χ0) is 18.9. The molecule has 0 amide bonds. The van der Waals surface area contributed by atoms with Crippen molar-refractivity contribution in [1.29, 1.82) is 0 Å². The number of nitrogens with zero attached hydrogens (tertiary/aromatic N) is 1. The van der Waals surface area contributed by atoms with E-state index in [0.717, 1.165) is 5.56 Å². The monoisotopic (exact) mass is 430 g/mol. The summed E-state index contributed by atoms with van der Waals surface area (Å²) >= 11 is 5.92. The van der Waals surface area contributed by atoms with Gasteiger partial charge in [-0.05, 0) is 23.8 Å². The number of nitrogens with two attached hydrogens (primary N) is 1. The fourth-order valence-electron chi connectivity index (χ4n) is 3.18. The summed E-state index contributed by atoms with van der Waals surface area (Å²) in [6, 6.07) is 13.3. The predicted octanol–water partition coefficient (Wildman–Crippen LogP) is 2.66. The van der Waals surface area contributed by atoms with Gasteiger partial charge in [0.25, 0.3) is 0 Å². The molecule has 0 aliphatic carbocycles. The molecular weight excluding hydrogens is 411 g/mol. The Bertz CT molecular complexity index is 922. The maximum absolute atomic E-state index is 13.1. The molecule has 1 aliphatic heterocycles. The maximum atomic E-state index is 13.1. The number of sulfonamides is 1. The molecule has 0 spiro atoms. The average molecular weight is 431 g/mol. The highest BCUT2D eigenvalue weighted by Crippen LogP contribution is 2.32. The van der Waals surface area contributed by atoms with Crippen LogP contribution in [-0.2, 0) is 14.8 Å². The Morgan fingerprint density at radius 2 is 1.85 bits per heavy atom. The van der Waals surface area contributed by atoms with E-state index in [1.807, 2.05) is 30.3 Å². The van der Waals surface area contributed by atoms with Crippen molar-refractivity contribution in [1.82, 2.24) is 4.31 Å². The first-order valence-corrected chi connectivity index (χ1v) is 9.85. The van der Waals surface area contributed by atoms with Crippen LogP contribution in [0, 0.1) is 0 Å². The van der Waals surface area contributed by atoms with Gasteiger partial charge >= 0.3 is 5.97 Å². The van der Waals surface area contributed by atoms with Crippen molar-refractivity contribution >= 4 is 40.0 Å². The number of carbonyl (C=O) groups is 1. The Kier molecular flexibility index (Phi) is 6.88. The summed E-state index contributed by atoms with van der Waals surface area (Å²) in [6.07, 6.45) is 0. The van der Waals surface area contributed by atoms with E-state index in [1.54, 1.807) is 0 Å². The minimum atomic E-state index is -3.92. The van der Waals surface area contributed by atoms with Crippen molar-refractivity contribution in [3.05, 3.63) is 64.7 Å². The molecular formula is C18H20Cl2N2O4S. The molecule has 6 nitrogen and oxygen atoms in total. The van der Waals surface area contributed by atoms with E-state index in [2.05, 4.69) is 0 Å². The molecule has 2 aromatic rings. The van der Waals surface area contributed by atoms with Gasteiger partial charge in [-0.25, -0.2) is 13.2 Å². The molecule has 2 atom stereocenters. The molecule has 0 saturated carbocycles. The molecule has 1 saturated heterocycles. The fraction of sp³-hybridized carbons (Fsp3) is 0.278. The summed E-state index contributed by atoms with van der Waals surface area (Å²) in [4.78, 5) is 11.9. The number of benzene rings is 2. The standard InChI is InChI=1S/C18H19ClN2O4S.ClH/c1-25-18(22)14-9-13(19)7-8-17(14)26(23,24)21-10-15(16(20)11-21)12-5-3-2-4-6-12;/h2-9,15-16H,10-11,20H2,1H3;1H/t15-,16+;/m0./s1. The minimum absolute atomic E-state index is 0. The molecule has 0 radical (unpaired) electrons. The van der Waals surface area contributed by atoms with Gasteiger partial charge in [0.15, 0.2) is 0 Å². The maximum Gasteiger partial charge on any atom is 0.339 e. The summed E-state index contributed by atoms with van der Waals surface area (Å²) in [7, 11) is -2.73. The van der Waals surface area contributed by atoms with E-state index in [-0.39, 0.29) is 52.9 Å². The van der Waals surface area contributed by atoms with Crippen molar-refractivity contribution in [2.75, 3.05) is 20.2 Å². The summed E-state index contributed by atoms with van der Waals surface area (Å²) in [6.45, 7) is 0.419. The van der Waals surface area contributed by atoms with Gasteiger partial charge in [-0.3, -0.25) is 0 Å². The number of hydrogen-bond acceptors (Lipinski definition) is 5. The summed E-state index contributed by atoms with van der Waals surface area (Å²) in [5.74, 6) is -0.867. The van der Waals surface area contributed by atoms with E-state index in [1.165, 1.54) is 29.6 Å². The molecule has 146 valence electrons. The number of carbonyl (C=O) groups excluding carboxylic acids is 1. The molecule has 2 aromatic carbocycles. The van der Waals surface area contributed by atoms with Crippen LogP contribution in [0.1, 0.15) is 21.8 Å². The zero-order valence-corrected chi connectivity index (χ0v) is 16.9. The van der Waals surface area contributed by atoms with Gasteiger partial charge in [0, 0.05) is 30.1 Å². The van der Waals surface area contributed by atoms with Crippen molar-refractivity contribution in [3.8, 4) is 0 Å². The van der Waals surface area contributed by atoms with Crippen LogP contribution in [0.15, 0.2) is 53.4 Å². The SMILES string of the molecule is COC(=O)c1cc(Cl)ccc1S(=O)(=O)N1C[C@@H](N)[C@H](c2ccccc2)C1.Cl. The number of rotatable bonds is 4. The molecule has 9 heteroatoms. The van der Waals surface area contributed by atoms with Crippen molar-refractivity contribution < 1.29 is 17.9 Å². The van der Waals surface area contributed by atoms with E-state index in [9.17, 15) is 13.2 Å². The van der Waals surface area contributed by atoms with Crippen LogP contribution in [0.25, 0.3) is 0 Å². The normalized spacial score (nSPS) is 20.1. The predicted molar refractivity (Wildman–Crippen MR) is 106 cm³/mol. The van der Waals surface area contributed by atoms with Gasteiger partial charge in [0.2, 0.25) is 10.0 Å². The second-order valence-corrected chi connectivity index (χ2v) is 8.48. The number of methoxy groups -OCH3 is 1. The summed E-state index contributed by atoms with van der Waals surface area (Å²) in [5.41, 5.74) is 7.11. The smallest absolute Gasteiger partial charge is 0.339 e. The molecule has 3 rings (SSSR count). The second kappa shape index (κ2) is 8.58. The largest absolute Gasteiger partial charge is 0.465 e. The molecule has 1 heterocycles. The van der Waals surface area contributed by atoms with E-state index < -0.39 is 16.0 Å². The van der Waals surface area contributed by atoms with Crippen LogP contribution in [0.4, 0.5) is 0 Å². The Labute approximate surface area is 169 Å². The molecule has 0 bridgehead atoms. The second-order valence-electron chi connectivity index (χ2n) is 6.14. The van der Waals surface area contributed by atoms with Crippen LogP contribution >= 0.6 is 24.0 Å². The molecule has 1 aliphatic rings. The lowest BCUT2D eigenvalue weighted by Crippen LogP contribution is -2.33. The molecule has 0 aromatic heterocycles. The van der Waals surface area contributed by atoms with E-state index >= 15 is 0 Å². The third kappa shape index (κ3) is 4.28. The number of hydrogen-bond donors (Lipinski definition) is 1. The Hall–Kier alpha value is -1.64. The molecule has 27 heavy (non-hydrogen) atoms. The third-order valence-electron chi connectivity index (χ3n) is 4.52. The van der Waals surface area contributed by atoms with Crippen LogP contribution in [0.3, 0.4) is 0 Å².